The van der Waals surface area contributed by atoms with Gasteiger partial charge in [-0.25, -0.2) is 13.1 Å². The van der Waals surface area contributed by atoms with E-state index >= 15 is 0 Å². The summed E-state index contributed by atoms with van der Waals surface area (Å²) in [6, 6.07) is 13.8. The first-order chi connectivity index (χ1) is 10.9. The van der Waals surface area contributed by atoms with Crippen LogP contribution in [0.15, 0.2) is 53.4 Å². The molecule has 0 unspecified atom stereocenters. The molecule has 2 aromatic rings. The third-order valence-corrected chi connectivity index (χ3v) is 4.92. The summed E-state index contributed by atoms with van der Waals surface area (Å²) in [6.07, 6.45) is 0.0693. The second kappa shape index (κ2) is 7.39. The van der Waals surface area contributed by atoms with Crippen molar-refractivity contribution in [2.75, 3.05) is 11.9 Å². The Morgan fingerprint density at radius 2 is 1.57 bits per heavy atom. The Hall–Kier alpha value is -2.18. The van der Waals surface area contributed by atoms with Crippen molar-refractivity contribution in [3.8, 4) is 0 Å². The summed E-state index contributed by atoms with van der Waals surface area (Å²) in [6.45, 7) is 3.88. The number of benzene rings is 2. The van der Waals surface area contributed by atoms with Crippen LogP contribution in [0.5, 0.6) is 0 Å². The van der Waals surface area contributed by atoms with E-state index < -0.39 is 10.0 Å². The van der Waals surface area contributed by atoms with E-state index in [2.05, 4.69) is 10.0 Å². The number of hydrogen-bond acceptors (Lipinski definition) is 3. The molecule has 0 fully saturated rings. The number of sulfonamides is 1. The molecule has 0 bridgehead atoms. The Balaban J connectivity index is 1.91. The van der Waals surface area contributed by atoms with Crippen molar-refractivity contribution in [2.45, 2.75) is 25.2 Å². The van der Waals surface area contributed by atoms with E-state index in [9.17, 15) is 13.2 Å². The molecule has 122 valence electrons. The number of para-hydroxylation sites is 1. The zero-order chi connectivity index (χ0) is 16.9. The van der Waals surface area contributed by atoms with E-state index in [0.717, 1.165) is 16.8 Å². The highest BCUT2D eigenvalue weighted by Crippen LogP contribution is 2.19. The number of nitrogens with one attached hydrogen (secondary N) is 2. The summed E-state index contributed by atoms with van der Waals surface area (Å²) in [5.74, 6) is -0.224. The highest BCUT2D eigenvalue weighted by molar-refractivity contribution is 7.89. The lowest BCUT2D eigenvalue weighted by atomic mass is 10.1. The summed E-state index contributed by atoms with van der Waals surface area (Å²) in [7, 11) is -3.58. The van der Waals surface area contributed by atoms with Gasteiger partial charge in [0.05, 0.1) is 4.90 Å². The van der Waals surface area contributed by atoms with Gasteiger partial charge < -0.3 is 5.32 Å². The first-order valence-electron chi connectivity index (χ1n) is 7.31. The lowest BCUT2D eigenvalue weighted by molar-refractivity contribution is -0.116. The second-order valence-electron chi connectivity index (χ2n) is 5.28. The van der Waals surface area contributed by atoms with E-state index in [1.165, 1.54) is 12.1 Å². The van der Waals surface area contributed by atoms with Crippen molar-refractivity contribution < 1.29 is 13.2 Å². The minimum Gasteiger partial charge on any atom is -0.326 e. The van der Waals surface area contributed by atoms with E-state index in [1.807, 2.05) is 32.0 Å². The number of carbonyl (C=O) groups is 1. The van der Waals surface area contributed by atoms with Crippen molar-refractivity contribution in [1.82, 2.24) is 4.72 Å². The summed E-state index contributed by atoms with van der Waals surface area (Å²) >= 11 is 0. The number of anilines is 1. The van der Waals surface area contributed by atoms with Crippen LogP contribution >= 0.6 is 0 Å². The van der Waals surface area contributed by atoms with Crippen LogP contribution in [-0.4, -0.2) is 20.9 Å². The summed E-state index contributed by atoms with van der Waals surface area (Å²) in [5.41, 5.74) is 2.73. The van der Waals surface area contributed by atoms with Crippen molar-refractivity contribution in [3.05, 3.63) is 59.7 Å². The average Bonchev–Trinajstić information content (AvgIpc) is 2.52. The molecule has 0 atom stereocenters. The maximum Gasteiger partial charge on any atom is 0.240 e. The van der Waals surface area contributed by atoms with Crippen molar-refractivity contribution >= 4 is 21.6 Å². The molecule has 2 rings (SSSR count). The van der Waals surface area contributed by atoms with Crippen molar-refractivity contribution in [2.24, 2.45) is 0 Å². The fourth-order valence-electron chi connectivity index (χ4n) is 2.20. The van der Waals surface area contributed by atoms with Gasteiger partial charge in [0.25, 0.3) is 0 Å². The lowest BCUT2D eigenvalue weighted by Crippen LogP contribution is -2.28. The summed E-state index contributed by atoms with van der Waals surface area (Å²) < 4.78 is 26.5. The number of aryl methyl sites for hydroxylation is 2. The van der Waals surface area contributed by atoms with Crippen LogP contribution in [0.1, 0.15) is 17.5 Å². The number of carbonyl (C=O) groups excluding carboxylic acids is 1. The first-order valence-corrected chi connectivity index (χ1v) is 8.79. The monoisotopic (exact) mass is 332 g/mol. The van der Waals surface area contributed by atoms with Gasteiger partial charge in [-0.2, -0.15) is 0 Å². The predicted molar refractivity (Wildman–Crippen MR) is 90.8 cm³/mol. The maximum absolute atomic E-state index is 12.0. The summed E-state index contributed by atoms with van der Waals surface area (Å²) in [4.78, 5) is 12.2. The van der Waals surface area contributed by atoms with Gasteiger partial charge in [0.15, 0.2) is 0 Å². The van der Waals surface area contributed by atoms with Gasteiger partial charge in [-0.15, -0.1) is 0 Å². The molecule has 5 nitrogen and oxygen atoms in total. The van der Waals surface area contributed by atoms with E-state index in [1.54, 1.807) is 18.2 Å². The molecule has 2 N–H and O–H groups in total. The van der Waals surface area contributed by atoms with Gasteiger partial charge in [-0.1, -0.05) is 36.4 Å². The molecule has 0 saturated heterocycles. The number of hydrogen-bond donors (Lipinski definition) is 2. The van der Waals surface area contributed by atoms with Crippen molar-refractivity contribution in [1.29, 1.82) is 0 Å². The molecular weight excluding hydrogens is 312 g/mol. The molecule has 6 heteroatoms. The quantitative estimate of drug-likeness (QED) is 0.854. The van der Waals surface area contributed by atoms with Crippen LogP contribution < -0.4 is 10.0 Å². The summed E-state index contributed by atoms with van der Waals surface area (Å²) in [5, 5.41) is 2.83. The lowest BCUT2D eigenvalue weighted by Gasteiger charge is -2.11. The van der Waals surface area contributed by atoms with Crippen LogP contribution in [0.4, 0.5) is 5.69 Å². The third kappa shape index (κ3) is 4.64. The number of rotatable bonds is 6. The Labute approximate surface area is 136 Å². The van der Waals surface area contributed by atoms with Gasteiger partial charge in [0, 0.05) is 18.7 Å². The molecule has 23 heavy (non-hydrogen) atoms. The zero-order valence-corrected chi connectivity index (χ0v) is 14.0. The van der Waals surface area contributed by atoms with Crippen LogP contribution in [0.25, 0.3) is 0 Å². The molecule has 0 spiro atoms. The third-order valence-electron chi connectivity index (χ3n) is 3.44. The zero-order valence-electron chi connectivity index (χ0n) is 13.2. The fourth-order valence-corrected chi connectivity index (χ4v) is 3.25. The molecule has 0 aliphatic carbocycles. The Bertz CT molecular complexity index is 766. The van der Waals surface area contributed by atoms with Crippen LogP contribution in [-0.2, 0) is 14.8 Å². The SMILES string of the molecule is Cc1cccc(C)c1NC(=O)CCNS(=O)(=O)c1ccccc1. The average molecular weight is 332 g/mol. The molecule has 0 aliphatic heterocycles. The van der Waals surface area contributed by atoms with Gasteiger partial charge in [0.2, 0.25) is 15.9 Å². The van der Waals surface area contributed by atoms with E-state index in [4.69, 9.17) is 0 Å². The molecule has 0 saturated carbocycles. The van der Waals surface area contributed by atoms with Crippen LogP contribution in [0, 0.1) is 13.8 Å². The Kier molecular flexibility index (Phi) is 5.52. The Morgan fingerprint density at radius 3 is 2.17 bits per heavy atom. The molecular formula is C17H20N2O3S. The number of amides is 1. The van der Waals surface area contributed by atoms with Gasteiger partial charge in [0.1, 0.15) is 0 Å². The van der Waals surface area contributed by atoms with Gasteiger partial charge >= 0.3 is 0 Å². The first kappa shape index (κ1) is 17.2. The maximum atomic E-state index is 12.0. The highest BCUT2D eigenvalue weighted by atomic mass is 32.2. The largest absolute Gasteiger partial charge is 0.326 e. The molecule has 0 aliphatic rings. The predicted octanol–water partition coefficient (Wildman–Crippen LogP) is 2.61. The van der Waals surface area contributed by atoms with Gasteiger partial charge in [-0.05, 0) is 37.1 Å². The minimum absolute atomic E-state index is 0.0496. The van der Waals surface area contributed by atoms with E-state index in [0.29, 0.717) is 0 Å². The molecule has 0 heterocycles. The topological polar surface area (TPSA) is 75.3 Å². The normalized spacial score (nSPS) is 11.2. The van der Waals surface area contributed by atoms with Gasteiger partial charge in [-0.3, -0.25) is 4.79 Å². The second-order valence-corrected chi connectivity index (χ2v) is 7.04. The minimum atomic E-state index is -3.58. The van der Waals surface area contributed by atoms with Crippen LogP contribution in [0.3, 0.4) is 0 Å². The van der Waals surface area contributed by atoms with Crippen molar-refractivity contribution in [3.63, 3.8) is 0 Å². The smallest absolute Gasteiger partial charge is 0.240 e. The molecule has 2 aromatic carbocycles. The molecule has 0 aromatic heterocycles. The van der Waals surface area contributed by atoms with E-state index in [-0.39, 0.29) is 23.8 Å². The van der Waals surface area contributed by atoms with Crippen LogP contribution in [0.2, 0.25) is 0 Å². The highest BCUT2D eigenvalue weighted by Gasteiger charge is 2.14. The fraction of sp³-hybridized carbons (Fsp3) is 0.235. The standard InChI is InChI=1S/C17H20N2O3S/c1-13-7-6-8-14(2)17(13)19-16(20)11-12-18-23(21,22)15-9-4-3-5-10-15/h3-10,18H,11-12H2,1-2H3,(H,19,20). The molecule has 1 amide bonds. The Morgan fingerprint density at radius 1 is 0.957 bits per heavy atom. The molecule has 0 radical (unpaired) electrons.